The van der Waals surface area contributed by atoms with Gasteiger partial charge in [0.1, 0.15) is 0 Å². The van der Waals surface area contributed by atoms with Gasteiger partial charge in [-0.2, -0.15) is 0 Å². The maximum atomic E-state index is 12.8. The van der Waals surface area contributed by atoms with E-state index in [4.69, 9.17) is 0 Å². The van der Waals surface area contributed by atoms with Crippen LogP contribution in [0.4, 0.5) is 8.78 Å². The van der Waals surface area contributed by atoms with Crippen LogP contribution in [0.2, 0.25) is 0 Å². The van der Waals surface area contributed by atoms with Gasteiger partial charge in [0.25, 0.3) is 0 Å². The number of rotatable bonds is 5. The predicted octanol–water partition coefficient (Wildman–Crippen LogP) is 4.64. The van der Waals surface area contributed by atoms with Crippen LogP contribution in [0.15, 0.2) is 0 Å². The zero-order valence-corrected chi connectivity index (χ0v) is 9.58. The molecule has 0 radical (unpaired) electrons. The third-order valence-electron chi connectivity index (χ3n) is 3.98. The molecule has 1 fully saturated rings. The van der Waals surface area contributed by atoms with Gasteiger partial charge in [-0.25, -0.2) is 8.78 Å². The minimum atomic E-state index is -2.35. The Morgan fingerprint density at radius 3 is 2.21 bits per heavy atom. The third kappa shape index (κ3) is 2.46. The Hall–Kier alpha value is -0.140. The van der Waals surface area contributed by atoms with E-state index in [1.807, 2.05) is 0 Å². The quantitative estimate of drug-likeness (QED) is 0.612. The van der Waals surface area contributed by atoms with Crippen LogP contribution >= 0.6 is 0 Å². The normalized spacial score (nSPS) is 25.5. The molecule has 1 rings (SSSR count). The molecule has 14 heavy (non-hydrogen) atoms. The van der Waals surface area contributed by atoms with Crippen molar-refractivity contribution in [2.75, 3.05) is 0 Å². The zero-order valence-electron chi connectivity index (χ0n) is 9.58. The maximum absolute atomic E-state index is 12.8. The van der Waals surface area contributed by atoms with Crippen molar-refractivity contribution >= 4 is 0 Å². The fourth-order valence-corrected chi connectivity index (χ4v) is 2.40. The lowest BCUT2D eigenvalue weighted by molar-refractivity contribution is -0.147. The Labute approximate surface area is 86.1 Å². The Morgan fingerprint density at radius 1 is 1.29 bits per heavy atom. The van der Waals surface area contributed by atoms with Gasteiger partial charge in [0, 0.05) is 12.8 Å². The van der Waals surface area contributed by atoms with Crippen molar-refractivity contribution in [3.63, 3.8) is 0 Å². The highest BCUT2D eigenvalue weighted by molar-refractivity contribution is 4.95. The molecule has 1 aliphatic carbocycles. The van der Waals surface area contributed by atoms with E-state index in [0.29, 0.717) is 0 Å². The first kappa shape index (κ1) is 11.9. The zero-order chi connectivity index (χ0) is 10.8. The number of hydrogen-bond donors (Lipinski definition) is 0. The number of halogens is 2. The second-order valence-corrected chi connectivity index (χ2v) is 5.07. The molecule has 0 nitrogen and oxygen atoms in total. The third-order valence-corrected chi connectivity index (χ3v) is 3.98. The molecule has 0 N–H and O–H groups in total. The summed E-state index contributed by atoms with van der Waals surface area (Å²) in [6, 6.07) is 0. The Morgan fingerprint density at radius 2 is 1.86 bits per heavy atom. The maximum Gasteiger partial charge on any atom is 0.248 e. The molecule has 84 valence electrons. The van der Waals surface area contributed by atoms with Gasteiger partial charge in [0.2, 0.25) is 5.92 Å². The minimum absolute atomic E-state index is 0.126. The van der Waals surface area contributed by atoms with Crippen molar-refractivity contribution in [1.82, 2.24) is 0 Å². The van der Waals surface area contributed by atoms with Crippen molar-refractivity contribution < 1.29 is 8.78 Å². The molecule has 0 saturated heterocycles. The van der Waals surface area contributed by atoms with E-state index in [1.54, 1.807) is 0 Å². The lowest BCUT2D eigenvalue weighted by Gasteiger charge is -2.47. The smallest absolute Gasteiger partial charge is 0.207 e. The second kappa shape index (κ2) is 4.16. The van der Waals surface area contributed by atoms with Gasteiger partial charge in [-0.3, -0.25) is 0 Å². The van der Waals surface area contributed by atoms with Crippen LogP contribution in [-0.4, -0.2) is 5.92 Å². The summed E-state index contributed by atoms with van der Waals surface area (Å²) in [6.07, 6.45) is 4.74. The predicted molar refractivity (Wildman–Crippen MR) is 55.6 cm³/mol. The largest absolute Gasteiger partial charge is 0.248 e. The van der Waals surface area contributed by atoms with E-state index < -0.39 is 5.92 Å². The summed E-state index contributed by atoms with van der Waals surface area (Å²) in [5, 5.41) is 0. The van der Waals surface area contributed by atoms with Crippen LogP contribution in [0.1, 0.15) is 59.3 Å². The van der Waals surface area contributed by atoms with E-state index in [-0.39, 0.29) is 24.2 Å². The van der Waals surface area contributed by atoms with E-state index in [1.165, 1.54) is 12.8 Å². The fraction of sp³-hybridized carbons (Fsp3) is 1.00. The molecule has 2 heteroatoms. The van der Waals surface area contributed by atoms with Crippen LogP contribution in [0.25, 0.3) is 0 Å². The fourth-order valence-electron chi connectivity index (χ4n) is 2.40. The summed E-state index contributed by atoms with van der Waals surface area (Å²) in [4.78, 5) is 0. The highest BCUT2D eigenvalue weighted by atomic mass is 19.3. The summed E-state index contributed by atoms with van der Waals surface area (Å²) in [5.41, 5.74) is 0.164. The van der Waals surface area contributed by atoms with E-state index in [9.17, 15) is 8.78 Å². The van der Waals surface area contributed by atoms with E-state index in [2.05, 4.69) is 20.8 Å². The van der Waals surface area contributed by atoms with Crippen molar-refractivity contribution in [3.8, 4) is 0 Å². The molecule has 0 aromatic rings. The molecule has 0 heterocycles. The molecule has 0 spiro atoms. The first-order chi connectivity index (χ1) is 6.43. The van der Waals surface area contributed by atoms with Crippen LogP contribution in [0.5, 0.6) is 0 Å². The SMILES string of the molecule is CCCCC(C)(CC)C1CC(F)(F)C1. The summed E-state index contributed by atoms with van der Waals surface area (Å²) >= 11 is 0. The van der Waals surface area contributed by atoms with Gasteiger partial charge in [-0.1, -0.05) is 40.0 Å². The summed E-state index contributed by atoms with van der Waals surface area (Å²) in [6.45, 7) is 6.47. The van der Waals surface area contributed by atoms with E-state index in [0.717, 1.165) is 12.8 Å². The highest BCUT2D eigenvalue weighted by Crippen LogP contribution is 2.54. The van der Waals surface area contributed by atoms with E-state index >= 15 is 0 Å². The van der Waals surface area contributed by atoms with Crippen molar-refractivity contribution in [2.24, 2.45) is 11.3 Å². The molecule has 0 aliphatic heterocycles. The van der Waals surface area contributed by atoms with Gasteiger partial charge >= 0.3 is 0 Å². The summed E-state index contributed by atoms with van der Waals surface area (Å²) < 4.78 is 25.6. The lowest BCUT2D eigenvalue weighted by atomic mass is 9.61. The van der Waals surface area contributed by atoms with Crippen LogP contribution < -0.4 is 0 Å². The first-order valence-corrected chi connectivity index (χ1v) is 5.81. The number of alkyl halides is 2. The number of unbranched alkanes of at least 4 members (excludes halogenated alkanes) is 1. The molecule has 1 atom stereocenters. The molecular weight excluding hydrogens is 182 g/mol. The second-order valence-electron chi connectivity index (χ2n) is 5.07. The summed E-state index contributed by atoms with van der Waals surface area (Å²) in [7, 11) is 0. The minimum Gasteiger partial charge on any atom is -0.207 e. The number of hydrogen-bond acceptors (Lipinski definition) is 0. The molecule has 1 saturated carbocycles. The molecule has 1 unspecified atom stereocenters. The summed E-state index contributed by atoms with van der Waals surface area (Å²) in [5.74, 6) is -2.10. The van der Waals surface area contributed by atoms with Crippen LogP contribution in [0.3, 0.4) is 0 Å². The molecule has 0 aromatic heterocycles. The Bertz CT molecular complexity index is 181. The molecule has 0 aromatic carbocycles. The monoisotopic (exact) mass is 204 g/mol. The highest BCUT2D eigenvalue weighted by Gasteiger charge is 2.51. The van der Waals surface area contributed by atoms with Gasteiger partial charge in [-0.15, -0.1) is 0 Å². The Kier molecular flexibility index (Phi) is 3.54. The van der Waals surface area contributed by atoms with Crippen molar-refractivity contribution in [1.29, 1.82) is 0 Å². The molecular formula is C12H22F2. The van der Waals surface area contributed by atoms with Gasteiger partial charge in [-0.05, 0) is 17.8 Å². The van der Waals surface area contributed by atoms with Gasteiger partial charge in [0.05, 0.1) is 0 Å². The van der Waals surface area contributed by atoms with Crippen LogP contribution in [0, 0.1) is 11.3 Å². The topological polar surface area (TPSA) is 0 Å². The molecule has 0 amide bonds. The standard InChI is InChI=1S/C12H22F2/c1-4-6-7-11(3,5-2)10-8-12(13,14)9-10/h10H,4-9H2,1-3H3. The lowest BCUT2D eigenvalue weighted by Crippen LogP contribution is -2.44. The average molecular weight is 204 g/mol. The Balaban J connectivity index is 2.45. The van der Waals surface area contributed by atoms with Crippen molar-refractivity contribution in [3.05, 3.63) is 0 Å². The first-order valence-electron chi connectivity index (χ1n) is 5.81. The van der Waals surface area contributed by atoms with Gasteiger partial charge in [0.15, 0.2) is 0 Å². The molecule has 0 bridgehead atoms. The average Bonchev–Trinajstić information content (AvgIpc) is 2.10. The van der Waals surface area contributed by atoms with Gasteiger partial charge < -0.3 is 0 Å². The van der Waals surface area contributed by atoms with Crippen LogP contribution in [-0.2, 0) is 0 Å². The molecule has 1 aliphatic rings. The van der Waals surface area contributed by atoms with Crippen molar-refractivity contribution in [2.45, 2.75) is 65.2 Å².